The van der Waals surface area contributed by atoms with E-state index in [1.54, 1.807) is 0 Å². The fourth-order valence-corrected chi connectivity index (χ4v) is 5.51. The second-order valence-electron chi connectivity index (χ2n) is 8.97. The molecular weight excluding hydrogens is 300 g/mol. The van der Waals surface area contributed by atoms with Crippen LogP contribution in [0.1, 0.15) is 86.7 Å². The minimum atomic E-state index is 0.162. The molecule has 4 saturated carbocycles. The minimum absolute atomic E-state index is 0.162. The molecule has 5 heteroatoms. The molecule has 2 heterocycles. The third kappa shape index (κ3) is 1.84. The van der Waals surface area contributed by atoms with Crippen molar-refractivity contribution in [1.82, 2.24) is 19.7 Å². The van der Waals surface area contributed by atoms with E-state index in [1.807, 2.05) is 0 Å². The zero-order valence-electron chi connectivity index (χ0n) is 14.3. The van der Waals surface area contributed by atoms with Crippen molar-refractivity contribution in [2.24, 2.45) is 11.8 Å². The van der Waals surface area contributed by atoms with Gasteiger partial charge >= 0.3 is 0 Å². The summed E-state index contributed by atoms with van der Waals surface area (Å²) < 4.78 is 2.33. The molecule has 24 heavy (non-hydrogen) atoms. The average Bonchev–Trinajstić information content (AvgIpc) is 3.44. The quantitative estimate of drug-likeness (QED) is 0.854. The van der Waals surface area contributed by atoms with Gasteiger partial charge in [-0.2, -0.15) is 0 Å². The van der Waals surface area contributed by atoms with E-state index in [4.69, 9.17) is 0 Å². The van der Waals surface area contributed by atoms with E-state index in [0.29, 0.717) is 17.9 Å². The molecule has 1 amide bonds. The average molecular weight is 326 g/mol. The summed E-state index contributed by atoms with van der Waals surface area (Å²) in [6.45, 7) is 0.954. The van der Waals surface area contributed by atoms with Crippen molar-refractivity contribution in [2.75, 3.05) is 6.54 Å². The fraction of sp³-hybridized carbons (Fsp3) is 0.842. The zero-order chi connectivity index (χ0) is 15.9. The van der Waals surface area contributed by atoms with E-state index in [0.717, 1.165) is 24.8 Å². The van der Waals surface area contributed by atoms with Gasteiger partial charge in [-0.3, -0.25) is 4.79 Å². The van der Waals surface area contributed by atoms with Crippen molar-refractivity contribution in [3.8, 4) is 0 Å². The highest BCUT2D eigenvalue weighted by molar-refractivity contribution is 5.92. The number of carbonyl (C=O) groups is 1. The molecule has 1 aromatic rings. The number of rotatable bonds is 4. The van der Waals surface area contributed by atoms with Gasteiger partial charge in [0.15, 0.2) is 0 Å². The minimum Gasteiger partial charge on any atom is -0.331 e. The Morgan fingerprint density at radius 2 is 1.71 bits per heavy atom. The van der Waals surface area contributed by atoms with Crippen LogP contribution in [0.3, 0.4) is 0 Å². The fourth-order valence-electron chi connectivity index (χ4n) is 5.51. The first-order valence-corrected chi connectivity index (χ1v) is 10.0. The molecule has 1 aliphatic heterocycles. The molecular formula is C19H26N4O. The molecule has 5 nitrogen and oxygen atoms in total. The first-order valence-electron chi connectivity index (χ1n) is 10.0. The summed E-state index contributed by atoms with van der Waals surface area (Å²) in [6.07, 6.45) is 12.7. The van der Waals surface area contributed by atoms with Crippen molar-refractivity contribution in [1.29, 1.82) is 0 Å². The highest BCUT2D eigenvalue weighted by Gasteiger charge is 2.59. The summed E-state index contributed by atoms with van der Waals surface area (Å²) in [5, 5.41) is 9.07. The molecule has 4 fully saturated rings. The van der Waals surface area contributed by atoms with Crippen LogP contribution in [0.15, 0.2) is 0 Å². The first kappa shape index (κ1) is 13.9. The van der Waals surface area contributed by atoms with Crippen LogP contribution >= 0.6 is 0 Å². The van der Waals surface area contributed by atoms with Gasteiger partial charge in [0.25, 0.3) is 5.91 Å². The van der Waals surface area contributed by atoms with Gasteiger partial charge in [-0.1, -0.05) is 12.8 Å². The van der Waals surface area contributed by atoms with Crippen molar-refractivity contribution in [2.45, 2.75) is 81.7 Å². The van der Waals surface area contributed by atoms with E-state index in [1.165, 1.54) is 63.6 Å². The van der Waals surface area contributed by atoms with Crippen molar-refractivity contribution < 1.29 is 4.79 Å². The topological polar surface area (TPSA) is 51.0 Å². The molecule has 2 atom stereocenters. The summed E-state index contributed by atoms with van der Waals surface area (Å²) in [4.78, 5) is 15.4. The molecule has 0 radical (unpaired) electrons. The third-order valence-electron chi connectivity index (χ3n) is 7.32. The van der Waals surface area contributed by atoms with Gasteiger partial charge in [-0.25, -0.2) is 0 Å². The van der Waals surface area contributed by atoms with Gasteiger partial charge in [-0.05, 0) is 63.2 Å². The van der Waals surface area contributed by atoms with Gasteiger partial charge in [0.05, 0.1) is 12.1 Å². The molecule has 6 rings (SSSR count). The number of hydrogen-bond acceptors (Lipinski definition) is 3. The van der Waals surface area contributed by atoms with Crippen LogP contribution in [-0.4, -0.2) is 38.2 Å². The van der Waals surface area contributed by atoms with Crippen LogP contribution in [0.25, 0.3) is 0 Å². The number of aromatic nitrogens is 3. The van der Waals surface area contributed by atoms with Crippen molar-refractivity contribution in [3.05, 3.63) is 11.6 Å². The highest BCUT2D eigenvalue weighted by atomic mass is 16.2. The van der Waals surface area contributed by atoms with Gasteiger partial charge < -0.3 is 9.47 Å². The van der Waals surface area contributed by atoms with E-state index in [-0.39, 0.29) is 11.3 Å². The van der Waals surface area contributed by atoms with E-state index >= 15 is 0 Å². The number of fused-ring (bicyclic) bond motifs is 3. The summed E-state index contributed by atoms with van der Waals surface area (Å²) in [6, 6.07) is 0.829. The number of carbonyl (C=O) groups excluding carboxylic acids is 1. The molecule has 0 saturated heterocycles. The first-order chi connectivity index (χ1) is 11.8. The number of amides is 1. The second-order valence-corrected chi connectivity index (χ2v) is 8.97. The summed E-state index contributed by atoms with van der Waals surface area (Å²) in [5.41, 5.74) is 0.284. The monoisotopic (exact) mass is 326 g/mol. The lowest BCUT2D eigenvalue weighted by molar-refractivity contribution is 0.0403. The predicted molar refractivity (Wildman–Crippen MR) is 88.7 cm³/mol. The summed E-state index contributed by atoms with van der Waals surface area (Å²) >= 11 is 0. The molecule has 128 valence electrons. The van der Waals surface area contributed by atoms with Gasteiger partial charge in [-0.15, -0.1) is 10.2 Å². The van der Waals surface area contributed by atoms with Gasteiger partial charge in [0.2, 0.25) is 5.82 Å². The molecule has 0 spiro atoms. The zero-order valence-corrected chi connectivity index (χ0v) is 14.3. The largest absolute Gasteiger partial charge is 0.331 e. The highest BCUT2D eigenvalue weighted by Crippen LogP contribution is 2.62. The second kappa shape index (κ2) is 4.61. The Bertz CT molecular complexity index is 698. The molecule has 5 aliphatic rings. The molecule has 2 unspecified atom stereocenters. The van der Waals surface area contributed by atoms with Crippen LogP contribution in [0.2, 0.25) is 0 Å². The van der Waals surface area contributed by atoms with Crippen LogP contribution in [0.5, 0.6) is 0 Å². The van der Waals surface area contributed by atoms with Crippen LogP contribution < -0.4 is 0 Å². The van der Waals surface area contributed by atoms with Gasteiger partial charge in [0.1, 0.15) is 5.82 Å². The lowest BCUT2D eigenvalue weighted by atomic mass is 9.86. The summed E-state index contributed by atoms with van der Waals surface area (Å²) in [5.74, 6) is 3.55. The van der Waals surface area contributed by atoms with Crippen molar-refractivity contribution >= 4 is 5.91 Å². The van der Waals surface area contributed by atoms with Gasteiger partial charge in [0, 0.05) is 12.0 Å². The van der Waals surface area contributed by atoms with Crippen LogP contribution in [0.4, 0.5) is 0 Å². The standard InChI is InChI=1S/C19H26N4O/c24-17-16-20-21-18(19(9-10-19)13-7-8-13)23(16)15-4-2-1-3-14(15)22(17)11-12-5-6-12/h12-15H,1-11H2. The van der Waals surface area contributed by atoms with E-state index < -0.39 is 0 Å². The molecule has 1 aromatic heterocycles. The lowest BCUT2D eigenvalue weighted by Crippen LogP contribution is -2.53. The molecule has 4 aliphatic carbocycles. The lowest BCUT2D eigenvalue weighted by Gasteiger charge is -2.45. The number of hydrogen-bond donors (Lipinski definition) is 0. The summed E-state index contributed by atoms with van der Waals surface area (Å²) in [7, 11) is 0. The maximum absolute atomic E-state index is 13.2. The third-order valence-corrected chi connectivity index (χ3v) is 7.32. The van der Waals surface area contributed by atoms with E-state index in [9.17, 15) is 4.79 Å². The molecule has 0 aromatic carbocycles. The maximum Gasteiger partial charge on any atom is 0.292 e. The normalized spacial score (nSPS) is 34.0. The predicted octanol–water partition coefficient (Wildman–Crippen LogP) is 3.07. The van der Waals surface area contributed by atoms with Crippen molar-refractivity contribution in [3.63, 3.8) is 0 Å². The Morgan fingerprint density at radius 1 is 0.958 bits per heavy atom. The number of nitrogens with zero attached hydrogens (tertiary/aromatic N) is 4. The molecule has 0 N–H and O–H groups in total. The van der Waals surface area contributed by atoms with Crippen LogP contribution in [-0.2, 0) is 5.41 Å². The molecule has 0 bridgehead atoms. The Morgan fingerprint density at radius 3 is 2.38 bits per heavy atom. The SMILES string of the molecule is O=C1c2nnc(C3(C4CC4)CC3)n2C2CCCCC2N1CC1CC1. The van der Waals surface area contributed by atoms with Crippen LogP contribution in [0, 0.1) is 11.8 Å². The van der Waals surface area contributed by atoms with E-state index in [2.05, 4.69) is 19.7 Å². The Labute approximate surface area is 142 Å². The smallest absolute Gasteiger partial charge is 0.292 e. The Hall–Kier alpha value is -1.39. The Kier molecular flexibility index (Phi) is 2.66. The Balaban J connectivity index is 1.44. The maximum atomic E-state index is 13.2.